The minimum absolute atomic E-state index is 0.213. The van der Waals surface area contributed by atoms with E-state index in [2.05, 4.69) is 10.3 Å². The molecule has 1 amide bonds. The maximum Gasteiger partial charge on any atom is 0.254 e. The van der Waals surface area contributed by atoms with Crippen LogP contribution >= 0.6 is 11.6 Å². The summed E-state index contributed by atoms with van der Waals surface area (Å²) in [6.45, 7) is 0. The first-order chi connectivity index (χ1) is 7.20. The summed E-state index contributed by atoms with van der Waals surface area (Å²) in [4.78, 5) is 15.4. The summed E-state index contributed by atoms with van der Waals surface area (Å²) in [5.74, 6) is 0.288. The average molecular weight is 227 g/mol. The third-order valence-corrected chi connectivity index (χ3v) is 2.33. The van der Waals surface area contributed by atoms with Gasteiger partial charge >= 0.3 is 0 Å². The number of ether oxygens (including phenoxy) is 1. The molecule has 0 bridgehead atoms. The molecule has 1 aromatic rings. The third kappa shape index (κ3) is 2.39. The molecule has 5 heteroatoms. The van der Waals surface area contributed by atoms with Gasteiger partial charge in [-0.15, -0.1) is 0 Å². The number of nitrogens with one attached hydrogen (secondary N) is 1. The molecule has 1 heterocycles. The van der Waals surface area contributed by atoms with Crippen molar-refractivity contribution in [3.05, 3.63) is 23.0 Å². The van der Waals surface area contributed by atoms with Crippen LogP contribution in [0, 0.1) is 0 Å². The molecule has 15 heavy (non-hydrogen) atoms. The average Bonchev–Trinajstić information content (AvgIpc) is 3.03. The van der Waals surface area contributed by atoms with Crippen LogP contribution < -0.4 is 10.1 Å². The predicted octanol–water partition coefficient (Wildman–Crippen LogP) is 1.64. The first kappa shape index (κ1) is 10.2. The van der Waals surface area contributed by atoms with Gasteiger partial charge in [-0.3, -0.25) is 4.79 Å². The summed E-state index contributed by atoms with van der Waals surface area (Å²) >= 11 is 5.72. The van der Waals surface area contributed by atoms with Crippen molar-refractivity contribution in [2.24, 2.45) is 0 Å². The lowest BCUT2D eigenvalue weighted by Crippen LogP contribution is -2.19. The van der Waals surface area contributed by atoms with Crippen LogP contribution in [0.4, 0.5) is 0 Å². The van der Waals surface area contributed by atoms with Gasteiger partial charge in [0.05, 0.1) is 17.9 Å². The molecule has 4 nitrogen and oxygen atoms in total. The van der Waals surface area contributed by atoms with Gasteiger partial charge in [0.15, 0.2) is 5.75 Å². The van der Waals surface area contributed by atoms with Gasteiger partial charge < -0.3 is 10.1 Å². The topological polar surface area (TPSA) is 51.2 Å². The molecule has 0 aliphatic heterocycles. The first-order valence-electron chi connectivity index (χ1n) is 4.75. The predicted molar refractivity (Wildman–Crippen MR) is 56.3 cm³/mol. The molecule has 1 fully saturated rings. The highest BCUT2D eigenvalue weighted by molar-refractivity contribution is 6.29. The Bertz CT molecular complexity index is 391. The molecule has 0 atom stereocenters. The fourth-order valence-corrected chi connectivity index (χ4v) is 1.35. The fraction of sp³-hybridized carbons (Fsp3) is 0.400. The number of rotatable bonds is 3. The van der Waals surface area contributed by atoms with Crippen molar-refractivity contribution in [1.82, 2.24) is 10.3 Å². The van der Waals surface area contributed by atoms with E-state index in [1.54, 1.807) is 7.05 Å². The number of carbonyl (C=O) groups excluding carboxylic acids is 1. The van der Waals surface area contributed by atoms with Crippen molar-refractivity contribution < 1.29 is 9.53 Å². The van der Waals surface area contributed by atoms with Crippen LogP contribution in [0.3, 0.4) is 0 Å². The number of hydrogen-bond donors (Lipinski definition) is 1. The van der Waals surface area contributed by atoms with Crippen molar-refractivity contribution >= 4 is 17.5 Å². The van der Waals surface area contributed by atoms with E-state index in [4.69, 9.17) is 16.3 Å². The van der Waals surface area contributed by atoms with E-state index in [1.807, 2.05) is 0 Å². The number of carbonyl (C=O) groups is 1. The zero-order chi connectivity index (χ0) is 10.8. The standard InChI is InChI=1S/C10H11ClN2O2/c1-12-10(14)7-4-9(11)13-5-8(7)15-6-2-3-6/h4-6H,2-3H2,1H3,(H,12,14). The minimum atomic E-state index is -0.213. The fourth-order valence-electron chi connectivity index (χ4n) is 1.19. The normalized spacial score (nSPS) is 14.8. The molecule has 0 aromatic carbocycles. The number of hydrogen-bond acceptors (Lipinski definition) is 3. The van der Waals surface area contributed by atoms with Crippen LogP contribution in [-0.2, 0) is 0 Å². The number of nitrogens with zero attached hydrogens (tertiary/aromatic N) is 1. The zero-order valence-corrected chi connectivity index (χ0v) is 9.04. The number of aromatic nitrogens is 1. The first-order valence-corrected chi connectivity index (χ1v) is 5.13. The molecule has 0 unspecified atom stereocenters. The van der Waals surface area contributed by atoms with Crippen molar-refractivity contribution in [3.63, 3.8) is 0 Å². The highest BCUT2D eigenvalue weighted by atomic mass is 35.5. The zero-order valence-electron chi connectivity index (χ0n) is 8.29. The second-order valence-electron chi connectivity index (χ2n) is 3.40. The van der Waals surface area contributed by atoms with Gasteiger partial charge in [-0.1, -0.05) is 11.6 Å². The van der Waals surface area contributed by atoms with Gasteiger partial charge in [0.25, 0.3) is 5.91 Å². The lowest BCUT2D eigenvalue weighted by atomic mass is 10.2. The van der Waals surface area contributed by atoms with Gasteiger partial charge in [-0.2, -0.15) is 0 Å². The van der Waals surface area contributed by atoms with Crippen LogP contribution in [0.1, 0.15) is 23.2 Å². The molecule has 1 N–H and O–H groups in total. The van der Waals surface area contributed by atoms with Crippen molar-refractivity contribution in [1.29, 1.82) is 0 Å². The number of amides is 1. The second-order valence-corrected chi connectivity index (χ2v) is 3.79. The molecule has 0 saturated heterocycles. The lowest BCUT2D eigenvalue weighted by molar-refractivity contribution is 0.0958. The Morgan fingerprint density at radius 2 is 2.40 bits per heavy atom. The summed E-state index contributed by atoms with van der Waals surface area (Å²) in [5, 5.41) is 2.83. The Morgan fingerprint density at radius 1 is 1.67 bits per heavy atom. The maximum atomic E-state index is 11.5. The van der Waals surface area contributed by atoms with E-state index >= 15 is 0 Å². The summed E-state index contributed by atoms with van der Waals surface area (Å²) < 4.78 is 5.55. The molecule has 1 aromatic heterocycles. The largest absolute Gasteiger partial charge is 0.488 e. The monoisotopic (exact) mass is 226 g/mol. The van der Waals surface area contributed by atoms with E-state index in [0.29, 0.717) is 11.3 Å². The van der Waals surface area contributed by atoms with Gasteiger partial charge in [0.2, 0.25) is 0 Å². The molecule has 1 aliphatic rings. The van der Waals surface area contributed by atoms with Gasteiger partial charge in [-0.25, -0.2) is 4.98 Å². The Kier molecular flexibility index (Phi) is 2.77. The third-order valence-electron chi connectivity index (χ3n) is 2.12. The molecule has 2 rings (SSSR count). The molecule has 1 saturated carbocycles. The minimum Gasteiger partial charge on any atom is -0.488 e. The van der Waals surface area contributed by atoms with E-state index in [1.165, 1.54) is 12.3 Å². The van der Waals surface area contributed by atoms with Crippen LogP contribution in [0.5, 0.6) is 5.75 Å². The van der Waals surface area contributed by atoms with E-state index < -0.39 is 0 Å². The Morgan fingerprint density at radius 3 is 3.00 bits per heavy atom. The molecule has 80 valence electrons. The summed E-state index contributed by atoms with van der Waals surface area (Å²) in [6, 6.07) is 1.51. The van der Waals surface area contributed by atoms with Gasteiger partial charge in [-0.05, 0) is 18.9 Å². The highest BCUT2D eigenvalue weighted by Gasteiger charge is 2.25. The van der Waals surface area contributed by atoms with Crippen molar-refractivity contribution in [2.45, 2.75) is 18.9 Å². The van der Waals surface area contributed by atoms with Crippen LogP contribution in [0.25, 0.3) is 0 Å². The van der Waals surface area contributed by atoms with Crippen molar-refractivity contribution in [3.8, 4) is 5.75 Å². The Balaban J connectivity index is 2.29. The Labute approximate surface area is 92.6 Å². The van der Waals surface area contributed by atoms with Crippen LogP contribution in [0.2, 0.25) is 5.15 Å². The van der Waals surface area contributed by atoms with Gasteiger partial charge in [0, 0.05) is 7.05 Å². The van der Waals surface area contributed by atoms with E-state index in [9.17, 15) is 4.79 Å². The van der Waals surface area contributed by atoms with E-state index in [0.717, 1.165) is 12.8 Å². The van der Waals surface area contributed by atoms with Gasteiger partial charge in [0.1, 0.15) is 5.15 Å². The molecule has 0 radical (unpaired) electrons. The smallest absolute Gasteiger partial charge is 0.254 e. The van der Waals surface area contributed by atoms with Crippen LogP contribution in [-0.4, -0.2) is 24.0 Å². The molecule has 1 aliphatic carbocycles. The molecular formula is C10H11ClN2O2. The number of pyridine rings is 1. The Hall–Kier alpha value is -1.29. The quantitative estimate of drug-likeness (QED) is 0.798. The molecule has 0 spiro atoms. The SMILES string of the molecule is CNC(=O)c1cc(Cl)ncc1OC1CC1. The van der Waals surface area contributed by atoms with Crippen molar-refractivity contribution in [2.75, 3.05) is 7.05 Å². The second kappa shape index (κ2) is 4.06. The van der Waals surface area contributed by atoms with E-state index in [-0.39, 0.29) is 17.2 Å². The summed E-state index contributed by atoms with van der Waals surface area (Å²) in [6.07, 6.45) is 3.80. The maximum absolute atomic E-state index is 11.5. The summed E-state index contributed by atoms with van der Waals surface area (Å²) in [7, 11) is 1.57. The summed E-state index contributed by atoms with van der Waals surface area (Å²) in [5.41, 5.74) is 0.435. The molecular weight excluding hydrogens is 216 g/mol. The lowest BCUT2D eigenvalue weighted by Gasteiger charge is -2.09. The van der Waals surface area contributed by atoms with Crippen LogP contribution in [0.15, 0.2) is 12.3 Å². The number of halogens is 1. The highest BCUT2D eigenvalue weighted by Crippen LogP contribution is 2.29.